The van der Waals surface area contributed by atoms with Crippen LogP contribution in [0.2, 0.25) is 0 Å². The fraction of sp³-hybridized carbons (Fsp3) is 0.323. The van der Waals surface area contributed by atoms with Gasteiger partial charge in [0.2, 0.25) is 5.91 Å². The van der Waals surface area contributed by atoms with Crippen molar-refractivity contribution in [3.05, 3.63) is 108 Å². The summed E-state index contributed by atoms with van der Waals surface area (Å²) in [5.41, 5.74) is 2.73. The van der Waals surface area contributed by atoms with Crippen LogP contribution in [0.3, 0.4) is 0 Å². The zero-order chi connectivity index (χ0) is 28.5. The van der Waals surface area contributed by atoms with E-state index in [0.29, 0.717) is 13.1 Å². The first kappa shape index (κ1) is 29.2. The molecule has 210 valence electrons. The normalized spacial score (nSPS) is 17.5. The van der Waals surface area contributed by atoms with Crippen LogP contribution in [0.1, 0.15) is 30.5 Å². The second kappa shape index (κ2) is 13.5. The molecule has 0 bridgehead atoms. The SMILES string of the molecule is CC1(C)SCN(C(=O)[C@@H](O)[C@H](Cc2ccccc2)NC(=O)NCc2ccccc2)C1C(=O)NCc1ccccc1. The predicted molar refractivity (Wildman–Crippen MR) is 157 cm³/mol. The summed E-state index contributed by atoms with van der Waals surface area (Å²) in [4.78, 5) is 41.3. The molecule has 3 aromatic rings. The fourth-order valence-corrected chi connectivity index (χ4v) is 5.88. The van der Waals surface area contributed by atoms with Gasteiger partial charge >= 0.3 is 6.03 Å². The van der Waals surface area contributed by atoms with E-state index in [0.717, 1.165) is 16.7 Å². The number of thioether (sulfide) groups is 1. The number of carbonyl (C=O) groups excluding carboxylic acids is 3. The molecule has 9 heteroatoms. The number of aliphatic hydroxyl groups is 1. The van der Waals surface area contributed by atoms with Crippen molar-refractivity contribution in [1.29, 1.82) is 0 Å². The second-order valence-electron chi connectivity index (χ2n) is 10.3. The Kier molecular flexibility index (Phi) is 9.84. The lowest BCUT2D eigenvalue weighted by Gasteiger charge is -2.33. The molecule has 40 heavy (non-hydrogen) atoms. The minimum Gasteiger partial charge on any atom is -0.381 e. The van der Waals surface area contributed by atoms with Gasteiger partial charge in [0.05, 0.1) is 11.9 Å². The quantitative estimate of drug-likeness (QED) is 0.304. The molecule has 1 saturated heterocycles. The third kappa shape index (κ3) is 7.64. The topological polar surface area (TPSA) is 111 Å². The molecule has 4 rings (SSSR count). The van der Waals surface area contributed by atoms with E-state index in [9.17, 15) is 19.5 Å². The van der Waals surface area contributed by atoms with Crippen molar-refractivity contribution >= 4 is 29.6 Å². The van der Waals surface area contributed by atoms with E-state index < -0.39 is 34.9 Å². The lowest BCUT2D eigenvalue weighted by atomic mass is 9.97. The van der Waals surface area contributed by atoms with Crippen molar-refractivity contribution in [2.75, 3.05) is 5.88 Å². The van der Waals surface area contributed by atoms with E-state index in [1.807, 2.05) is 105 Å². The number of rotatable bonds is 10. The van der Waals surface area contributed by atoms with Crippen molar-refractivity contribution in [3.63, 3.8) is 0 Å². The van der Waals surface area contributed by atoms with Crippen molar-refractivity contribution < 1.29 is 19.5 Å². The van der Waals surface area contributed by atoms with Gasteiger partial charge in [-0.3, -0.25) is 9.59 Å². The molecular weight excluding hydrogens is 524 g/mol. The van der Waals surface area contributed by atoms with Gasteiger partial charge in [-0.15, -0.1) is 11.8 Å². The molecule has 0 radical (unpaired) electrons. The summed E-state index contributed by atoms with van der Waals surface area (Å²) >= 11 is 1.48. The number of urea groups is 1. The van der Waals surface area contributed by atoms with E-state index in [4.69, 9.17) is 0 Å². The van der Waals surface area contributed by atoms with Gasteiger partial charge in [0, 0.05) is 17.8 Å². The fourth-order valence-electron chi connectivity index (χ4n) is 4.74. The molecule has 1 unspecified atom stereocenters. The first-order valence-electron chi connectivity index (χ1n) is 13.3. The predicted octanol–water partition coefficient (Wildman–Crippen LogP) is 3.45. The van der Waals surface area contributed by atoms with E-state index in [1.165, 1.54) is 16.7 Å². The molecular formula is C31H36N4O4S. The van der Waals surface area contributed by atoms with Gasteiger partial charge in [-0.2, -0.15) is 0 Å². The van der Waals surface area contributed by atoms with E-state index >= 15 is 0 Å². The van der Waals surface area contributed by atoms with E-state index in [2.05, 4.69) is 16.0 Å². The number of hydrogen-bond acceptors (Lipinski definition) is 5. The maximum atomic E-state index is 13.7. The smallest absolute Gasteiger partial charge is 0.315 e. The van der Waals surface area contributed by atoms with Crippen LogP contribution in [0.25, 0.3) is 0 Å². The molecule has 4 N–H and O–H groups in total. The number of carbonyl (C=O) groups is 3. The zero-order valence-electron chi connectivity index (χ0n) is 22.7. The highest BCUT2D eigenvalue weighted by atomic mass is 32.2. The number of amides is 4. The minimum atomic E-state index is -1.55. The Balaban J connectivity index is 1.47. The highest BCUT2D eigenvalue weighted by Crippen LogP contribution is 2.39. The Morgan fingerprint density at radius 1 is 0.850 bits per heavy atom. The van der Waals surface area contributed by atoms with Gasteiger partial charge in [-0.1, -0.05) is 91.0 Å². The Bertz CT molecular complexity index is 1270. The van der Waals surface area contributed by atoms with Gasteiger partial charge < -0.3 is 26.0 Å². The summed E-state index contributed by atoms with van der Waals surface area (Å²) in [6.07, 6.45) is -1.32. The Morgan fingerprint density at radius 3 is 1.90 bits per heavy atom. The first-order chi connectivity index (χ1) is 19.2. The zero-order valence-corrected chi connectivity index (χ0v) is 23.6. The molecule has 0 aliphatic carbocycles. The summed E-state index contributed by atoms with van der Waals surface area (Å²) in [5, 5.41) is 19.9. The van der Waals surface area contributed by atoms with Gasteiger partial charge in [-0.25, -0.2) is 4.79 Å². The lowest BCUT2D eigenvalue weighted by Crippen LogP contribution is -2.59. The standard InChI is InChI=1S/C31H36N4O4S/c1-31(2)27(28(37)32-19-23-14-8-4-9-15-23)35(21-40-31)29(38)26(36)25(18-22-12-6-3-7-13-22)34-30(39)33-20-24-16-10-5-11-17-24/h3-17,25-27,36H,18-21H2,1-2H3,(H,32,37)(H2,33,34,39)/t25-,26-,27?/m0/s1. The molecule has 1 aliphatic heterocycles. The van der Waals surface area contributed by atoms with E-state index in [-0.39, 0.29) is 18.2 Å². The second-order valence-corrected chi connectivity index (χ2v) is 11.9. The summed E-state index contributed by atoms with van der Waals surface area (Å²) in [5.74, 6) is -0.625. The highest BCUT2D eigenvalue weighted by Gasteiger charge is 2.49. The molecule has 3 atom stereocenters. The number of nitrogens with zero attached hydrogens (tertiary/aromatic N) is 1. The van der Waals surface area contributed by atoms with Gasteiger partial charge in [0.1, 0.15) is 6.04 Å². The summed E-state index contributed by atoms with van der Waals surface area (Å²) in [6, 6.07) is 26.2. The summed E-state index contributed by atoms with van der Waals surface area (Å²) < 4.78 is -0.564. The van der Waals surface area contributed by atoms with Crippen LogP contribution in [0.5, 0.6) is 0 Å². The van der Waals surface area contributed by atoms with Crippen LogP contribution in [0.4, 0.5) is 4.79 Å². The van der Waals surface area contributed by atoms with E-state index in [1.54, 1.807) is 0 Å². The van der Waals surface area contributed by atoms with Crippen molar-refractivity contribution in [3.8, 4) is 0 Å². The first-order valence-corrected chi connectivity index (χ1v) is 14.3. The van der Waals surface area contributed by atoms with Crippen LogP contribution < -0.4 is 16.0 Å². The van der Waals surface area contributed by atoms with Gasteiger partial charge in [-0.05, 0) is 37.0 Å². The molecule has 1 fully saturated rings. The maximum absolute atomic E-state index is 13.7. The molecule has 0 spiro atoms. The summed E-state index contributed by atoms with van der Waals surface area (Å²) in [6.45, 7) is 4.47. The monoisotopic (exact) mass is 560 g/mol. The molecule has 1 aliphatic rings. The average molecular weight is 561 g/mol. The molecule has 0 aromatic heterocycles. The largest absolute Gasteiger partial charge is 0.381 e. The third-order valence-corrected chi connectivity index (χ3v) is 8.31. The number of benzene rings is 3. The van der Waals surface area contributed by atoms with Crippen LogP contribution >= 0.6 is 11.8 Å². The number of nitrogens with one attached hydrogen (secondary N) is 3. The van der Waals surface area contributed by atoms with Crippen LogP contribution in [0.15, 0.2) is 91.0 Å². The van der Waals surface area contributed by atoms with Gasteiger partial charge in [0.15, 0.2) is 6.10 Å². The molecule has 8 nitrogen and oxygen atoms in total. The summed E-state index contributed by atoms with van der Waals surface area (Å²) in [7, 11) is 0. The number of hydrogen-bond donors (Lipinski definition) is 4. The lowest BCUT2D eigenvalue weighted by molar-refractivity contribution is -0.147. The molecule has 4 amide bonds. The average Bonchev–Trinajstić information content (AvgIpc) is 3.30. The number of aliphatic hydroxyl groups excluding tert-OH is 1. The van der Waals surface area contributed by atoms with Crippen LogP contribution in [-0.4, -0.2) is 56.7 Å². The Morgan fingerprint density at radius 2 is 1.35 bits per heavy atom. The minimum absolute atomic E-state index is 0.238. The van der Waals surface area contributed by atoms with Crippen LogP contribution in [0, 0.1) is 0 Å². The third-order valence-electron chi connectivity index (χ3n) is 6.93. The van der Waals surface area contributed by atoms with Gasteiger partial charge in [0.25, 0.3) is 5.91 Å². The highest BCUT2D eigenvalue weighted by molar-refractivity contribution is 8.00. The Labute approximate surface area is 239 Å². The van der Waals surface area contributed by atoms with Crippen LogP contribution in [-0.2, 0) is 29.1 Å². The van der Waals surface area contributed by atoms with Crippen molar-refractivity contribution in [1.82, 2.24) is 20.9 Å². The molecule has 1 heterocycles. The van der Waals surface area contributed by atoms with Crippen molar-refractivity contribution in [2.45, 2.75) is 56.3 Å². The van der Waals surface area contributed by atoms with Crippen molar-refractivity contribution in [2.24, 2.45) is 0 Å². The maximum Gasteiger partial charge on any atom is 0.315 e. The molecule has 3 aromatic carbocycles. The Hall–Kier alpha value is -3.82. The molecule has 0 saturated carbocycles.